The average Bonchev–Trinajstić information content (AvgIpc) is 3.04. The minimum atomic E-state index is -3.78. The van der Waals surface area contributed by atoms with E-state index in [4.69, 9.17) is 0 Å². The molecule has 2 heterocycles. The summed E-state index contributed by atoms with van der Waals surface area (Å²) in [6.45, 7) is 3.68. The molecule has 10 heteroatoms. The molecule has 0 atom stereocenters. The Balaban J connectivity index is 1.59. The molecule has 2 aliphatic rings. The lowest BCUT2D eigenvalue weighted by Gasteiger charge is -2.35. The Hall–Kier alpha value is -2.04. The smallest absolute Gasteiger partial charge is 0.256 e. The van der Waals surface area contributed by atoms with Gasteiger partial charge >= 0.3 is 0 Å². The van der Waals surface area contributed by atoms with Crippen LogP contribution < -0.4 is 4.72 Å². The number of hydrogen-bond acceptors (Lipinski definition) is 5. The molecule has 0 unspecified atom stereocenters. The third-order valence-electron chi connectivity index (χ3n) is 5.72. The number of sulfonamides is 1. The van der Waals surface area contributed by atoms with E-state index in [1.54, 1.807) is 0 Å². The van der Waals surface area contributed by atoms with Crippen LogP contribution in [0.4, 0.5) is 4.39 Å². The molecule has 1 N–H and O–H groups in total. The monoisotopic (exact) mass is 440 g/mol. The van der Waals surface area contributed by atoms with Gasteiger partial charge in [0.25, 0.3) is 5.91 Å². The van der Waals surface area contributed by atoms with E-state index in [-0.39, 0.29) is 16.4 Å². The summed E-state index contributed by atoms with van der Waals surface area (Å²) in [6.07, 6.45) is 4.42. The molecule has 3 rings (SSSR count). The normalized spacial score (nSPS) is 18.9. The Kier molecular flexibility index (Phi) is 7.43. The maximum absolute atomic E-state index is 14.2. The van der Waals surface area contributed by atoms with Crippen molar-refractivity contribution in [1.29, 1.82) is 0 Å². The Bertz CT molecular complexity index is 877. The van der Waals surface area contributed by atoms with Gasteiger partial charge in [0.1, 0.15) is 5.82 Å². The van der Waals surface area contributed by atoms with Crippen molar-refractivity contribution in [1.82, 2.24) is 19.4 Å². The maximum Gasteiger partial charge on any atom is 0.256 e. The molecule has 2 saturated heterocycles. The maximum atomic E-state index is 14.2. The minimum absolute atomic E-state index is 0.118. The number of benzene rings is 1. The first-order valence-electron chi connectivity index (χ1n) is 10.3. The second kappa shape index (κ2) is 9.84. The molecule has 2 fully saturated rings. The molecule has 0 bridgehead atoms. The summed E-state index contributed by atoms with van der Waals surface area (Å²) < 4.78 is 40.3. The third-order valence-corrected chi connectivity index (χ3v) is 7.14. The lowest BCUT2D eigenvalue weighted by Crippen LogP contribution is -2.51. The Morgan fingerprint density at radius 3 is 2.20 bits per heavy atom. The molecule has 0 radical (unpaired) electrons. The van der Waals surface area contributed by atoms with Crippen molar-refractivity contribution in [2.45, 2.75) is 30.6 Å². The molecule has 2 aliphatic heterocycles. The van der Waals surface area contributed by atoms with E-state index in [9.17, 15) is 22.4 Å². The third kappa shape index (κ3) is 5.35. The quantitative estimate of drug-likeness (QED) is 0.735. The summed E-state index contributed by atoms with van der Waals surface area (Å²) in [6, 6.07) is 3.19. The SMILES string of the molecule is CNS(=O)(=O)c1ccc(F)c(C(=O)N2CCN(CC(=O)N3CCCCCC3)CC2)c1. The highest BCUT2D eigenvalue weighted by Gasteiger charge is 2.27. The summed E-state index contributed by atoms with van der Waals surface area (Å²) in [7, 11) is -2.52. The van der Waals surface area contributed by atoms with Crippen molar-refractivity contribution in [3.63, 3.8) is 0 Å². The number of carbonyl (C=O) groups excluding carboxylic acids is 2. The average molecular weight is 441 g/mol. The number of carbonyl (C=O) groups is 2. The van der Waals surface area contributed by atoms with Crippen LogP contribution in [0.2, 0.25) is 0 Å². The molecule has 166 valence electrons. The first-order valence-corrected chi connectivity index (χ1v) is 11.8. The number of amides is 2. The predicted octanol–water partition coefficient (Wildman–Crippen LogP) is 0.894. The fraction of sp³-hybridized carbons (Fsp3) is 0.600. The van der Waals surface area contributed by atoms with E-state index < -0.39 is 21.7 Å². The standard InChI is InChI=1S/C20H29FN4O4S/c1-22-30(28,29)16-6-7-18(21)17(14-16)20(27)25-12-10-23(11-13-25)15-19(26)24-8-4-2-3-5-9-24/h6-7,14,22H,2-5,8-13,15H2,1H3. The van der Waals surface area contributed by atoms with Crippen molar-refractivity contribution in [2.24, 2.45) is 0 Å². The van der Waals surface area contributed by atoms with Gasteiger partial charge in [-0.05, 0) is 38.1 Å². The molecule has 30 heavy (non-hydrogen) atoms. The zero-order valence-corrected chi connectivity index (χ0v) is 18.1. The fourth-order valence-corrected chi connectivity index (χ4v) is 4.60. The van der Waals surface area contributed by atoms with Crippen LogP contribution in [-0.2, 0) is 14.8 Å². The number of rotatable bonds is 5. The number of piperazine rings is 1. The van der Waals surface area contributed by atoms with Crippen molar-refractivity contribution >= 4 is 21.8 Å². The second-order valence-electron chi connectivity index (χ2n) is 7.71. The lowest BCUT2D eigenvalue weighted by molar-refractivity contribution is -0.132. The molecular formula is C20H29FN4O4S. The molecular weight excluding hydrogens is 411 g/mol. The lowest BCUT2D eigenvalue weighted by atomic mass is 10.1. The minimum Gasteiger partial charge on any atom is -0.342 e. The van der Waals surface area contributed by atoms with E-state index in [0.717, 1.165) is 57.0 Å². The van der Waals surface area contributed by atoms with Gasteiger partial charge in [0, 0.05) is 39.3 Å². The number of likely N-dealkylation sites (tertiary alicyclic amines) is 1. The summed E-state index contributed by atoms with van der Waals surface area (Å²) in [5.41, 5.74) is -0.264. The largest absolute Gasteiger partial charge is 0.342 e. The molecule has 8 nitrogen and oxygen atoms in total. The highest BCUT2D eigenvalue weighted by atomic mass is 32.2. The highest BCUT2D eigenvalue weighted by molar-refractivity contribution is 7.89. The van der Waals surface area contributed by atoms with Crippen molar-refractivity contribution < 1.29 is 22.4 Å². The van der Waals surface area contributed by atoms with Gasteiger partial charge in [-0.3, -0.25) is 14.5 Å². The van der Waals surface area contributed by atoms with E-state index in [1.807, 2.05) is 9.80 Å². The molecule has 1 aromatic carbocycles. The van der Waals surface area contributed by atoms with Crippen LogP contribution in [0.1, 0.15) is 36.0 Å². The van der Waals surface area contributed by atoms with Crippen LogP contribution in [0.25, 0.3) is 0 Å². The van der Waals surface area contributed by atoms with E-state index in [2.05, 4.69) is 4.72 Å². The Labute approximate surface area is 177 Å². The number of hydrogen-bond donors (Lipinski definition) is 1. The van der Waals surface area contributed by atoms with Gasteiger partial charge < -0.3 is 9.80 Å². The molecule has 2 amide bonds. The predicted molar refractivity (Wildman–Crippen MR) is 110 cm³/mol. The van der Waals surface area contributed by atoms with Gasteiger partial charge in [-0.2, -0.15) is 0 Å². The summed E-state index contributed by atoms with van der Waals surface area (Å²) in [5, 5.41) is 0. The van der Waals surface area contributed by atoms with E-state index in [0.29, 0.717) is 32.7 Å². The molecule has 0 aliphatic carbocycles. The molecule has 0 aromatic heterocycles. The molecule has 1 aromatic rings. The van der Waals surface area contributed by atoms with E-state index in [1.165, 1.54) is 11.9 Å². The number of nitrogens with zero attached hydrogens (tertiary/aromatic N) is 3. The van der Waals surface area contributed by atoms with Crippen LogP contribution >= 0.6 is 0 Å². The fourth-order valence-electron chi connectivity index (χ4n) is 3.84. The van der Waals surface area contributed by atoms with Gasteiger partial charge in [0.2, 0.25) is 15.9 Å². The van der Waals surface area contributed by atoms with Gasteiger partial charge in [0.05, 0.1) is 17.0 Å². The van der Waals surface area contributed by atoms with Crippen LogP contribution in [0.5, 0.6) is 0 Å². The summed E-state index contributed by atoms with van der Waals surface area (Å²) in [5.74, 6) is -1.18. The van der Waals surface area contributed by atoms with E-state index >= 15 is 0 Å². The zero-order chi connectivity index (χ0) is 21.7. The first-order chi connectivity index (χ1) is 14.3. The topological polar surface area (TPSA) is 90.0 Å². The summed E-state index contributed by atoms with van der Waals surface area (Å²) >= 11 is 0. The summed E-state index contributed by atoms with van der Waals surface area (Å²) in [4.78, 5) is 30.6. The Morgan fingerprint density at radius 1 is 0.967 bits per heavy atom. The Morgan fingerprint density at radius 2 is 1.60 bits per heavy atom. The first kappa shape index (κ1) is 22.6. The van der Waals surface area contributed by atoms with Crippen molar-refractivity contribution in [3.8, 4) is 0 Å². The van der Waals surface area contributed by atoms with Crippen molar-refractivity contribution in [2.75, 3.05) is 52.9 Å². The van der Waals surface area contributed by atoms with Gasteiger partial charge in [-0.1, -0.05) is 12.8 Å². The number of halogens is 1. The van der Waals surface area contributed by atoms with Crippen LogP contribution in [0, 0.1) is 5.82 Å². The van der Waals surface area contributed by atoms with Gasteiger partial charge in [0.15, 0.2) is 0 Å². The zero-order valence-electron chi connectivity index (χ0n) is 17.3. The van der Waals surface area contributed by atoms with Gasteiger partial charge in [-0.15, -0.1) is 0 Å². The van der Waals surface area contributed by atoms with Crippen LogP contribution in [0.3, 0.4) is 0 Å². The highest BCUT2D eigenvalue weighted by Crippen LogP contribution is 2.18. The second-order valence-corrected chi connectivity index (χ2v) is 9.60. The van der Waals surface area contributed by atoms with Crippen molar-refractivity contribution in [3.05, 3.63) is 29.6 Å². The number of nitrogens with one attached hydrogen (secondary N) is 1. The van der Waals surface area contributed by atoms with Crippen LogP contribution in [0.15, 0.2) is 23.1 Å². The molecule has 0 spiro atoms. The van der Waals surface area contributed by atoms with Crippen LogP contribution in [-0.4, -0.2) is 87.8 Å². The van der Waals surface area contributed by atoms with Gasteiger partial charge in [-0.25, -0.2) is 17.5 Å². The molecule has 0 saturated carbocycles.